The molecule has 0 fully saturated rings. The van der Waals surface area contributed by atoms with Crippen LogP contribution in [0.1, 0.15) is 34.6 Å². The largest absolute Gasteiger partial charge is 0.454 e. The van der Waals surface area contributed by atoms with E-state index in [0.29, 0.717) is 0 Å². The number of carbonyl (C=O) groups is 1. The van der Waals surface area contributed by atoms with Gasteiger partial charge in [-0.15, -0.1) is 11.8 Å². The van der Waals surface area contributed by atoms with Gasteiger partial charge in [0.2, 0.25) is 12.7 Å². The molecule has 2 aromatic carbocycles. The van der Waals surface area contributed by atoms with Gasteiger partial charge in [-0.25, -0.2) is 4.68 Å². The van der Waals surface area contributed by atoms with Crippen LogP contribution in [0.5, 0.6) is 11.5 Å². The van der Waals surface area contributed by atoms with Gasteiger partial charge in [0.1, 0.15) is 5.82 Å². The Morgan fingerprint density at radius 2 is 1.86 bits per heavy atom. The monoisotopic (exact) mass is 407 g/mol. The third kappa shape index (κ3) is 3.06. The summed E-state index contributed by atoms with van der Waals surface area (Å²) in [7, 11) is 0. The van der Waals surface area contributed by atoms with E-state index in [0.717, 1.165) is 39.8 Å². The smallest absolute Gasteiger partial charge is 0.238 e. The number of aromatic nitrogens is 2. The topological polar surface area (TPSA) is 65.4 Å². The molecule has 0 saturated heterocycles. The predicted octanol–water partition coefficient (Wildman–Crippen LogP) is 4.38. The Balaban J connectivity index is 1.67. The van der Waals surface area contributed by atoms with Gasteiger partial charge in [0.05, 0.1) is 21.9 Å². The van der Waals surface area contributed by atoms with Crippen molar-refractivity contribution in [3.63, 3.8) is 0 Å². The Morgan fingerprint density at radius 1 is 1.10 bits per heavy atom. The van der Waals surface area contributed by atoms with Gasteiger partial charge in [-0.2, -0.15) is 5.10 Å². The Kier molecular flexibility index (Phi) is 4.28. The van der Waals surface area contributed by atoms with Crippen LogP contribution >= 0.6 is 11.8 Å². The first-order valence-corrected chi connectivity index (χ1v) is 10.5. The number of anilines is 1. The van der Waals surface area contributed by atoms with Gasteiger partial charge >= 0.3 is 0 Å². The number of benzene rings is 2. The molecule has 0 radical (unpaired) electrons. The molecule has 2 unspecified atom stereocenters. The van der Waals surface area contributed by atoms with Crippen LogP contribution in [0.25, 0.3) is 5.69 Å². The SMILES string of the molecule is Cc1ccc(-n2nc(C)c3c2NC(=O)C(C)SC3c2ccc3c(c2)OCO3)cc1. The zero-order valence-electron chi connectivity index (χ0n) is 16.4. The number of rotatable bonds is 2. The van der Waals surface area contributed by atoms with E-state index in [2.05, 4.69) is 5.32 Å². The number of carbonyl (C=O) groups excluding carboxylic acids is 1. The fourth-order valence-corrected chi connectivity index (χ4v) is 5.03. The molecule has 5 rings (SSSR count). The Labute approximate surface area is 173 Å². The van der Waals surface area contributed by atoms with Crippen LogP contribution in [0.4, 0.5) is 5.82 Å². The predicted molar refractivity (Wildman–Crippen MR) is 113 cm³/mol. The lowest BCUT2D eigenvalue weighted by atomic mass is 10.0. The van der Waals surface area contributed by atoms with Crippen LogP contribution in [0, 0.1) is 13.8 Å². The first kappa shape index (κ1) is 18.1. The summed E-state index contributed by atoms with van der Waals surface area (Å²) in [6.45, 7) is 6.22. The quantitative estimate of drug-likeness (QED) is 0.683. The molecule has 0 saturated carbocycles. The molecule has 148 valence electrons. The molecule has 6 nitrogen and oxygen atoms in total. The van der Waals surface area contributed by atoms with Crippen LogP contribution in [0.2, 0.25) is 0 Å². The summed E-state index contributed by atoms with van der Waals surface area (Å²) >= 11 is 1.62. The molecule has 3 aromatic rings. The third-order valence-electron chi connectivity index (χ3n) is 5.30. The summed E-state index contributed by atoms with van der Waals surface area (Å²) in [5.74, 6) is 2.20. The van der Waals surface area contributed by atoms with Crippen molar-refractivity contribution >= 4 is 23.5 Å². The molecule has 3 heterocycles. The van der Waals surface area contributed by atoms with E-state index in [4.69, 9.17) is 14.6 Å². The van der Waals surface area contributed by atoms with Gasteiger partial charge < -0.3 is 14.8 Å². The molecule has 2 aliphatic heterocycles. The lowest BCUT2D eigenvalue weighted by molar-refractivity contribution is -0.115. The van der Waals surface area contributed by atoms with Crippen molar-refractivity contribution in [1.29, 1.82) is 0 Å². The standard InChI is InChI=1S/C22H21N3O3S/c1-12-4-7-16(8-5-12)25-21-19(13(2)24-25)20(29-14(3)22(26)23-21)15-6-9-17-18(10-15)28-11-27-17/h4-10,14,20H,11H2,1-3H3,(H,23,26). The van der Waals surface area contributed by atoms with E-state index in [1.54, 1.807) is 11.8 Å². The van der Waals surface area contributed by atoms with Crippen molar-refractivity contribution in [3.8, 4) is 17.2 Å². The number of hydrogen-bond acceptors (Lipinski definition) is 5. The summed E-state index contributed by atoms with van der Waals surface area (Å²) < 4.78 is 12.9. The number of hydrogen-bond donors (Lipinski definition) is 1. The van der Waals surface area contributed by atoms with Crippen molar-refractivity contribution < 1.29 is 14.3 Å². The molecule has 0 aliphatic carbocycles. The second-order valence-corrected chi connectivity index (χ2v) is 8.81. The third-order valence-corrected chi connectivity index (χ3v) is 6.70. The first-order valence-electron chi connectivity index (χ1n) is 9.53. The molecule has 7 heteroatoms. The number of thioether (sulfide) groups is 1. The minimum absolute atomic E-state index is 0.0206. The van der Waals surface area contributed by atoms with E-state index in [9.17, 15) is 4.79 Å². The lowest BCUT2D eigenvalue weighted by Gasteiger charge is -2.17. The van der Waals surface area contributed by atoms with Crippen molar-refractivity contribution in [2.45, 2.75) is 31.3 Å². The average Bonchev–Trinajstić information content (AvgIpc) is 3.27. The molecule has 29 heavy (non-hydrogen) atoms. The fraction of sp³-hybridized carbons (Fsp3) is 0.273. The highest BCUT2D eigenvalue weighted by Gasteiger charge is 2.34. The maximum Gasteiger partial charge on any atom is 0.238 e. The summed E-state index contributed by atoms with van der Waals surface area (Å²) in [5.41, 5.74) is 5.08. The zero-order chi connectivity index (χ0) is 20.1. The second kappa shape index (κ2) is 6.84. The van der Waals surface area contributed by atoms with Crippen LogP contribution in [-0.4, -0.2) is 27.7 Å². The molecule has 2 aliphatic rings. The van der Waals surface area contributed by atoms with Gasteiger partial charge in [-0.3, -0.25) is 4.79 Å². The van der Waals surface area contributed by atoms with Crippen LogP contribution in [0.3, 0.4) is 0 Å². The number of fused-ring (bicyclic) bond motifs is 2. The van der Waals surface area contributed by atoms with Gasteiger partial charge in [-0.05, 0) is 50.6 Å². The van der Waals surface area contributed by atoms with E-state index in [-0.39, 0.29) is 23.2 Å². The maximum atomic E-state index is 12.8. The van der Waals surface area contributed by atoms with Gasteiger partial charge in [0, 0.05) is 5.56 Å². The molecule has 0 bridgehead atoms. The highest BCUT2D eigenvalue weighted by atomic mass is 32.2. The maximum absolute atomic E-state index is 12.8. The summed E-state index contributed by atoms with van der Waals surface area (Å²) in [4.78, 5) is 12.8. The second-order valence-electron chi connectivity index (χ2n) is 7.36. The summed E-state index contributed by atoms with van der Waals surface area (Å²) in [5, 5.41) is 7.63. The average molecular weight is 407 g/mol. The molecule has 1 amide bonds. The summed E-state index contributed by atoms with van der Waals surface area (Å²) in [6, 6.07) is 14.1. The van der Waals surface area contributed by atoms with Gasteiger partial charge in [-0.1, -0.05) is 23.8 Å². The van der Waals surface area contributed by atoms with Gasteiger partial charge in [0.15, 0.2) is 11.5 Å². The number of nitrogens with one attached hydrogen (secondary N) is 1. The van der Waals surface area contributed by atoms with E-state index >= 15 is 0 Å². The highest BCUT2D eigenvalue weighted by molar-refractivity contribution is 8.01. The molecular formula is C22H21N3O3S. The van der Waals surface area contributed by atoms with E-state index < -0.39 is 0 Å². The van der Waals surface area contributed by atoms with Crippen LogP contribution in [0.15, 0.2) is 42.5 Å². The summed E-state index contributed by atoms with van der Waals surface area (Å²) in [6.07, 6.45) is 0. The van der Waals surface area contributed by atoms with E-state index in [1.807, 2.05) is 67.9 Å². The Morgan fingerprint density at radius 3 is 2.66 bits per heavy atom. The zero-order valence-corrected chi connectivity index (χ0v) is 17.2. The van der Waals surface area contributed by atoms with Gasteiger partial charge in [0.25, 0.3) is 0 Å². The van der Waals surface area contributed by atoms with Crippen molar-refractivity contribution in [2.24, 2.45) is 0 Å². The molecule has 2 atom stereocenters. The van der Waals surface area contributed by atoms with Crippen molar-refractivity contribution in [3.05, 3.63) is 64.8 Å². The fourth-order valence-electron chi connectivity index (χ4n) is 3.72. The Bertz CT molecular complexity index is 1110. The van der Waals surface area contributed by atoms with Crippen molar-refractivity contribution in [2.75, 3.05) is 12.1 Å². The molecule has 0 spiro atoms. The molecule has 1 N–H and O–H groups in total. The highest BCUT2D eigenvalue weighted by Crippen LogP contribution is 2.48. The van der Waals surface area contributed by atoms with E-state index in [1.165, 1.54) is 5.56 Å². The lowest BCUT2D eigenvalue weighted by Crippen LogP contribution is -2.22. The number of amides is 1. The van der Waals surface area contributed by atoms with Crippen LogP contribution in [-0.2, 0) is 4.79 Å². The number of ether oxygens (including phenoxy) is 2. The van der Waals surface area contributed by atoms with Crippen molar-refractivity contribution in [1.82, 2.24) is 9.78 Å². The minimum atomic E-state index is -0.205. The van der Waals surface area contributed by atoms with Crippen LogP contribution < -0.4 is 14.8 Å². The number of aryl methyl sites for hydroxylation is 2. The minimum Gasteiger partial charge on any atom is -0.454 e. The molecular weight excluding hydrogens is 386 g/mol. The Hall–Kier alpha value is -2.93. The molecule has 1 aromatic heterocycles. The number of nitrogens with zero attached hydrogens (tertiary/aromatic N) is 2. The normalized spacial score (nSPS) is 20.2. The first-order chi connectivity index (χ1) is 14.0.